The van der Waals surface area contributed by atoms with Gasteiger partial charge in [-0.15, -0.1) is 0 Å². The Bertz CT molecular complexity index is 922. The third-order valence-electron chi connectivity index (χ3n) is 3.95. The highest BCUT2D eigenvalue weighted by atomic mass is 19.1. The second kappa shape index (κ2) is 7.74. The third-order valence-corrected chi connectivity index (χ3v) is 3.95. The maximum Gasteiger partial charge on any atom is 0.255 e. The van der Waals surface area contributed by atoms with Gasteiger partial charge in [-0.3, -0.25) is 9.48 Å². The van der Waals surface area contributed by atoms with Gasteiger partial charge in [0, 0.05) is 18.8 Å². The molecule has 1 aromatic heterocycles. The summed E-state index contributed by atoms with van der Waals surface area (Å²) in [6, 6.07) is 14.7. The van der Waals surface area contributed by atoms with Gasteiger partial charge in [0.25, 0.3) is 5.91 Å². The van der Waals surface area contributed by atoms with Crippen LogP contribution in [0.25, 0.3) is 11.3 Å². The van der Waals surface area contributed by atoms with Gasteiger partial charge in [-0.25, -0.2) is 4.39 Å². The molecule has 0 fully saturated rings. The summed E-state index contributed by atoms with van der Waals surface area (Å²) in [4.78, 5) is 24.1. The normalized spacial score (nSPS) is 11.8. The number of aromatic nitrogens is 2. The second-order valence-corrected chi connectivity index (χ2v) is 5.98. The lowest BCUT2D eigenvalue weighted by molar-refractivity contribution is -0.109. The zero-order chi connectivity index (χ0) is 18.5. The molecule has 0 aliphatic heterocycles. The minimum Gasteiger partial charge on any atom is -0.342 e. The Kier molecular flexibility index (Phi) is 5.22. The van der Waals surface area contributed by atoms with E-state index in [9.17, 15) is 14.0 Å². The number of nitrogens with one attached hydrogen (secondary N) is 1. The van der Waals surface area contributed by atoms with E-state index >= 15 is 0 Å². The Morgan fingerprint density at radius 2 is 2.00 bits per heavy atom. The standard InChI is InChI=1S/C20H18FN3O2/c1-24-12-18(19(23-24)15-8-5-9-16(21)11-15)20(26)22-17(13-25)10-14-6-3-2-4-7-14/h2-9,11-13,17H,10H2,1H3,(H,22,26). The molecule has 1 heterocycles. The van der Waals surface area contributed by atoms with Crippen molar-refractivity contribution in [3.8, 4) is 11.3 Å². The first-order valence-electron chi connectivity index (χ1n) is 8.16. The lowest BCUT2D eigenvalue weighted by atomic mass is 10.1. The predicted molar refractivity (Wildman–Crippen MR) is 96.1 cm³/mol. The van der Waals surface area contributed by atoms with Crippen molar-refractivity contribution in [3.05, 3.63) is 77.7 Å². The summed E-state index contributed by atoms with van der Waals surface area (Å²) < 4.78 is 15.0. The van der Waals surface area contributed by atoms with E-state index in [1.807, 2.05) is 30.3 Å². The smallest absolute Gasteiger partial charge is 0.255 e. The Balaban J connectivity index is 1.82. The van der Waals surface area contributed by atoms with Gasteiger partial charge in [0.15, 0.2) is 0 Å². The number of benzene rings is 2. The van der Waals surface area contributed by atoms with Crippen molar-refractivity contribution in [1.29, 1.82) is 0 Å². The summed E-state index contributed by atoms with van der Waals surface area (Å²) in [5, 5.41) is 6.98. The first-order valence-corrected chi connectivity index (χ1v) is 8.16. The van der Waals surface area contributed by atoms with E-state index in [2.05, 4.69) is 10.4 Å². The summed E-state index contributed by atoms with van der Waals surface area (Å²) in [5.41, 5.74) is 2.11. The highest BCUT2D eigenvalue weighted by molar-refractivity contribution is 6.00. The molecule has 3 rings (SSSR count). The molecule has 2 aromatic carbocycles. The fourth-order valence-electron chi connectivity index (χ4n) is 2.75. The highest BCUT2D eigenvalue weighted by Gasteiger charge is 2.20. The number of aryl methyl sites for hydroxylation is 1. The third kappa shape index (κ3) is 4.03. The van der Waals surface area contributed by atoms with Crippen LogP contribution in [0.15, 0.2) is 60.8 Å². The fourth-order valence-corrected chi connectivity index (χ4v) is 2.75. The first kappa shape index (κ1) is 17.5. The summed E-state index contributed by atoms with van der Waals surface area (Å²) in [7, 11) is 1.68. The minimum absolute atomic E-state index is 0.290. The van der Waals surface area contributed by atoms with Crippen LogP contribution in [0.5, 0.6) is 0 Å². The fraction of sp³-hybridized carbons (Fsp3) is 0.150. The molecule has 26 heavy (non-hydrogen) atoms. The van der Waals surface area contributed by atoms with Crippen molar-refractivity contribution in [2.75, 3.05) is 0 Å². The van der Waals surface area contributed by atoms with Gasteiger partial charge in [-0.05, 0) is 24.1 Å². The van der Waals surface area contributed by atoms with Gasteiger partial charge >= 0.3 is 0 Å². The maximum atomic E-state index is 13.5. The highest BCUT2D eigenvalue weighted by Crippen LogP contribution is 2.22. The van der Waals surface area contributed by atoms with Crippen LogP contribution in [-0.2, 0) is 18.3 Å². The number of carbonyl (C=O) groups excluding carboxylic acids is 2. The lowest BCUT2D eigenvalue weighted by Gasteiger charge is -2.13. The number of rotatable bonds is 6. The van der Waals surface area contributed by atoms with Crippen LogP contribution >= 0.6 is 0 Å². The van der Waals surface area contributed by atoms with Gasteiger partial charge < -0.3 is 10.1 Å². The van der Waals surface area contributed by atoms with Crippen molar-refractivity contribution in [2.24, 2.45) is 7.05 Å². The molecule has 0 bridgehead atoms. The van der Waals surface area contributed by atoms with Gasteiger partial charge in [0.05, 0.1) is 11.6 Å². The molecule has 6 heteroatoms. The summed E-state index contributed by atoms with van der Waals surface area (Å²) in [6.07, 6.45) is 2.66. The van der Waals surface area contributed by atoms with E-state index in [1.165, 1.54) is 16.8 Å². The van der Waals surface area contributed by atoms with Crippen molar-refractivity contribution in [1.82, 2.24) is 15.1 Å². The molecule has 0 aliphatic rings. The van der Waals surface area contributed by atoms with Gasteiger partial charge in [-0.1, -0.05) is 42.5 Å². The summed E-state index contributed by atoms with van der Waals surface area (Å²) >= 11 is 0. The van der Waals surface area contributed by atoms with Crippen molar-refractivity contribution >= 4 is 12.2 Å². The van der Waals surface area contributed by atoms with Gasteiger partial charge in [-0.2, -0.15) is 5.10 Å². The van der Waals surface area contributed by atoms with E-state index in [1.54, 1.807) is 25.4 Å². The van der Waals surface area contributed by atoms with Crippen LogP contribution in [0, 0.1) is 5.82 Å². The van der Waals surface area contributed by atoms with E-state index < -0.39 is 17.8 Å². The van der Waals surface area contributed by atoms with Crippen molar-refractivity contribution < 1.29 is 14.0 Å². The Morgan fingerprint density at radius 3 is 2.69 bits per heavy atom. The monoisotopic (exact) mass is 351 g/mol. The first-order chi connectivity index (χ1) is 12.6. The molecule has 132 valence electrons. The quantitative estimate of drug-likeness (QED) is 0.695. The Hall–Kier alpha value is -3.28. The molecule has 0 saturated heterocycles. The number of hydrogen-bond donors (Lipinski definition) is 1. The molecule has 1 amide bonds. The molecule has 1 unspecified atom stereocenters. The Labute approximate surface area is 150 Å². The van der Waals surface area contributed by atoms with Crippen LogP contribution in [0.2, 0.25) is 0 Å². The largest absolute Gasteiger partial charge is 0.342 e. The van der Waals surface area contributed by atoms with Gasteiger partial charge in [0.2, 0.25) is 0 Å². The van der Waals surface area contributed by atoms with E-state index in [0.29, 0.717) is 24.0 Å². The average molecular weight is 351 g/mol. The van der Waals surface area contributed by atoms with E-state index in [4.69, 9.17) is 0 Å². The van der Waals surface area contributed by atoms with E-state index in [0.717, 1.165) is 5.56 Å². The number of nitrogens with zero attached hydrogens (tertiary/aromatic N) is 2. The molecule has 0 aliphatic carbocycles. The second-order valence-electron chi connectivity index (χ2n) is 5.98. The number of aldehydes is 1. The average Bonchev–Trinajstić information content (AvgIpc) is 3.04. The molecular formula is C20H18FN3O2. The number of amides is 1. The van der Waals surface area contributed by atoms with Crippen LogP contribution in [0.1, 0.15) is 15.9 Å². The van der Waals surface area contributed by atoms with Crippen LogP contribution < -0.4 is 5.32 Å². The summed E-state index contributed by atoms with van der Waals surface area (Å²) in [5.74, 6) is -0.834. The zero-order valence-electron chi connectivity index (χ0n) is 14.2. The Morgan fingerprint density at radius 1 is 1.23 bits per heavy atom. The number of halogens is 1. The zero-order valence-corrected chi connectivity index (χ0v) is 14.2. The lowest BCUT2D eigenvalue weighted by Crippen LogP contribution is -2.37. The molecule has 0 spiro atoms. The SMILES string of the molecule is Cn1cc(C(=O)NC(C=O)Cc2ccccc2)c(-c2cccc(F)c2)n1. The van der Waals surface area contributed by atoms with Crippen molar-refractivity contribution in [3.63, 3.8) is 0 Å². The van der Waals surface area contributed by atoms with E-state index in [-0.39, 0.29) is 5.56 Å². The molecule has 0 saturated carbocycles. The topological polar surface area (TPSA) is 64.0 Å². The molecular weight excluding hydrogens is 333 g/mol. The molecule has 5 nitrogen and oxygen atoms in total. The van der Waals surface area contributed by atoms with Crippen LogP contribution in [-0.4, -0.2) is 28.0 Å². The van der Waals surface area contributed by atoms with Crippen molar-refractivity contribution in [2.45, 2.75) is 12.5 Å². The molecule has 3 aromatic rings. The summed E-state index contributed by atoms with van der Waals surface area (Å²) in [6.45, 7) is 0. The number of carbonyl (C=O) groups is 2. The molecule has 0 radical (unpaired) electrons. The van der Waals surface area contributed by atoms with Crippen LogP contribution in [0.3, 0.4) is 0 Å². The maximum absolute atomic E-state index is 13.5. The predicted octanol–water partition coefficient (Wildman–Crippen LogP) is 2.77. The minimum atomic E-state index is -0.662. The molecule has 1 atom stereocenters. The number of hydrogen-bond acceptors (Lipinski definition) is 3. The molecule has 1 N–H and O–H groups in total. The van der Waals surface area contributed by atoms with Crippen LogP contribution in [0.4, 0.5) is 4.39 Å². The van der Waals surface area contributed by atoms with Gasteiger partial charge in [0.1, 0.15) is 17.8 Å².